The van der Waals surface area contributed by atoms with Gasteiger partial charge in [-0.3, -0.25) is 4.79 Å². The minimum Gasteiger partial charge on any atom is -1.00 e. The number of hydrogen-bond donors (Lipinski definition) is 1. The van der Waals surface area contributed by atoms with Gasteiger partial charge in [0.1, 0.15) is 5.38 Å². The fourth-order valence-corrected chi connectivity index (χ4v) is 0. The molecule has 1 unspecified atom stereocenters. The number of halogens is 2. The number of carboxylic acid groups (broad SMARTS) is 2. The average Bonchev–Trinajstić information content (AvgIpc) is 1.89. The molecule has 0 aliphatic heterocycles. The Bertz CT molecular complexity index is 146. The Morgan fingerprint density at radius 3 is 1.57 bits per heavy atom. The molecule has 0 aromatic heterocycles. The van der Waals surface area contributed by atoms with E-state index in [4.69, 9.17) is 16.7 Å². The third-order valence-electron chi connectivity index (χ3n) is 0.629. The third kappa shape index (κ3) is 36.3. The van der Waals surface area contributed by atoms with E-state index < -0.39 is 17.3 Å². The Balaban J connectivity index is -0.0000000321. The van der Waals surface area contributed by atoms with Crippen molar-refractivity contribution in [3.63, 3.8) is 0 Å². The second-order valence-electron chi connectivity index (χ2n) is 1.68. The van der Waals surface area contributed by atoms with E-state index in [0.717, 1.165) is 0 Å². The number of aliphatic carboxylic acids is 2. The van der Waals surface area contributed by atoms with Gasteiger partial charge in [-0.25, -0.2) is 0 Å². The van der Waals surface area contributed by atoms with Gasteiger partial charge < -0.3 is 32.0 Å². The van der Waals surface area contributed by atoms with Crippen molar-refractivity contribution in [2.45, 2.75) is 25.6 Å². The zero-order valence-electron chi connectivity index (χ0n) is 8.71. The van der Waals surface area contributed by atoms with E-state index in [-0.39, 0.29) is 126 Å². The summed E-state index contributed by atoms with van der Waals surface area (Å²) in [5.74, 6) is -1.97. The van der Waals surface area contributed by atoms with Crippen molar-refractivity contribution in [3.05, 3.63) is 0 Å². The Hall–Kier alpha value is 2.98. The van der Waals surface area contributed by atoms with E-state index in [1.54, 1.807) is 0 Å². The first-order valence-electron chi connectivity index (χ1n) is 2.98. The van der Waals surface area contributed by atoms with Gasteiger partial charge in [0.05, 0.1) is 0 Å². The van der Waals surface area contributed by atoms with Crippen LogP contribution in [0.4, 0.5) is 0 Å². The van der Waals surface area contributed by atoms with Crippen molar-refractivity contribution in [1.29, 1.82) is 0 Å². The third-order valence-corrected chi connectivity index (χ3v) is 0.816. The first kappa shape index (κ1) is 30.2. The van der Waals surface area contributed by atoms with E-state index in [2.05, 4.69) is 0 Å². The average molecular weight is 340 g/mol. The van der Waals surface area contributed by atoms with Gasteiger partial charge in [0, 0.05) is 5.97 Å². The fraction of sp³-hybridized carbons (Fsp3) is 0.667. The first-order valence-corrected chi connectivity index (χ1v) is 3.42. The molecule has 0 bridgehead atoms. The van der Waals surface area contributed by atoms with Gasteiger partial charge in [0.2, 0.25) is 0 Å². The predicted molar refractivity (Wildman–Crippen MR) is 38.2 cm³/mol. The standard InChI is InChI=1S/C3H5ClO2.C3H6O2.BrH.2K/c1-2(4)3(5)6;1-2-3(4)5;;;/h2H,1H3,(H,5,6);2H2,1H3,(H,4,5);1H;;/q;;;2*+1/p-2. The van der Waals surface area contributed by atoms with Gasteiger partial charge >= 0.3 is 109 Å². The molecule has 0 heterocycles. The molecule has 0 radical (unpaired) electrons. The van der Waals surface area contributed by atoms with Crippen LogP contribution in [0.2, 0.25) is 0 Å². The molecule has 0 aliphatic carbocycles. The van der Waals surface area contributed by atoms with Crippen molar-refractivity contribution in [1.82, 2.24) is 0 Å². The number of hydrogen-bond acceptors (Lipinski definition) is 3. The molecule has 0 aromatic rings. The van der Waals surface area contributed by atoms with E-state index in [9.17, 15) is 14.7 Å². The number of carbonyl (C=O) groups excluding carboxylic acids is 1. The largest absolute Gasteiger partial charge is 1.00 e. The van der Waals surface area contributed by atoms with E-state index in [1.807, 2.05) is 0 Å². The van der Waals surface area contributed by atoms with Crippen LogP contribution < -0.4 is 125 Å². The monoisotopic (exact) mass is 338 g/mol. The van der Waals surface area contributed by atoms with E-state index in [1.165, 1.54) is 13.8 Å². The Morgan fingerprint density at radius 1 is 1.43 bits per heavy atom. The molecule has 0 fully saturated rings. The zero-order valence-corrected chi connectivity index (χ0v) is 17.3. The molecule has 1 atom stereocenters. The van der Waals surface area contributed by atoms with Gasteiger partial charge in [-0.05, 0) is 13.3 Å². The minimum atomic E-state index is -0.995. The summed E-state index contributed by atoms with van der Waals surface area (Å²) in [4.78, 5) is 18.8. The van der Waals surface area contributed by atoms with Crippen LogP contribution in [0, 0.1) is 0 Å². The summed E-state index contributed by atoms with van der Waals surface area (Å²) in [7, 11) is 0. The van der Waals surface area contributed by atoms with Crippen molar-refractivity contribution in [3.8, 4) is 0 Å². The maximum atomic E-state index is 9.57. The molecule has 4 nitrogen and oxygen atoms in total. The second kappa shape index (κ2) is 21.3. The van der Waals surface area contributed by atoms with Crippen LogP contribution in [-0.2, 0) is 9.59 Å². The van der Waals surface area contributed by atoms with Crippen LogP contribution in [0.5, 0.6) is 0 Å². The van der Waals surface area contributed by atoms with Crippen LogP contribution in [-0.4, -0.2) is 22.4 Å². The first-order chi connectivity index (χ1) is 4.91. The molecular formula is C6H10BrClK2O4. The predicted octanol–water partition coefficient (Wildman–Crippen LogP) is -9.14. The van der Waals surface area contributed by atoms with Crippen LogP contribution in [0.15, 0.2) is 0 Å². The Kier molecular flexibility index (Phi) is 45.9. The molecule has 0 saturated heterocycles. The van der Waals surface area contributed by atoms with Gasteiger partial charge in [-0.15, -0.1) is 11.6 Å². The summed E-state index contributed by atoms with van der Waals surface area (Å²) < 4.78 is 0. The van der Waals surface area contributed by atoms with Gasteiger partial charge in [-0.2, -0.15) is 0 Å². The normalized spacial score (nSPS) is 8.50. The summed E-state index contributed by atoms with van der Waals surface area (Å²) in [5.41, 5.74) is 0. The van der Waals surface area contributed by atoms with E-state index in [0.29, 0.717) is 0 Å². The quantitative estimate of drug-likeness (QED) is 0.400. The smallest absolute Gasteiger partial charge is 1.00 e. The molecule has 1 N–H and O–H groups in total. The van der Waals surface area contributed by atoms with Crippen molar-refractivity contribution in [2.24, 2.45) is 0 Å². The van der Waals surface area contributed by atoms with Crippen LogP contribution in [0.1, 0.15) is 20.3 Å². The fourth-order valence-electron chi connectivity index (χ4n) is 0. The van der Waals surface area contributed by atoms with Gasteiger partial charge in [0.15, 0.2) is 0 Å². The molecular weight excluding hydrogens is 330 g/mol. The summed E-state index contributed by atoms with van der Waals surface area (Å²) in [6, 6.07) is 0. The van der Waals surface area contributed by atoms with Crippen LogP contribution in [0.25, 0.3) is 0 Å². The van der Waals surface area contributed by atoms with Crippen molar-refractivity contribution in [2.75, 3.05) is 0 Å². The molecule has 0 aromatic carbocycles. The second-order valence-corrected chi connectivity index (χ2v) is 2.33. The molecule has 8 heteroatoms. The molecule has 0 amide bonds. The number of rotatable bonds is 2. The van der Waals surface area contributed by atoms with Gasteiger partial charge in [0.25, 0.3) is 0 Å². The Labute approximate surface area is 184 Å². The summed E-state index contributed by atoms with van der Waals surface area (Å²) in [5, 5.41) is 16.4. The molecule has 0 aliphatic rings. The van der Waals surface area contributed by atoms with Crippen molar-refractivity contribution < 1.29 is 140 Å². The van der Waals surface area contributed by atoms with Crippen LogP contribution >= 0.6 is 11.6 Å². The minimum absolute atomic E-state index is 0. The summed E-state index contributed by atoms with van der Waals surface area (Å²) in [6.07, 6.45) is 0.111. The number of carboxylic acids is 2. The number of alkyl halides is 1. The van der Waals surface area contributed by atoms with Crippen LogP contribution in [0.3, 0.4) is 0 Å². The molecule has 0 saturated carbocycles. The maximum Gasteiger partial charge on any atom is 1.00 e. The molecule has 14 heavy (non-hydrogen) atoms. The number of carbonyl (C=O) groups is 2. The van der Waals surface area contributed by atoms with Crippen molar-refractivity contribution >= 4 is 23.5 Å². The Morgan fingerprint density at radius 2 is 1.57 bits per heavy atom. The SMILES string of the molecule is CC(Cl)C(=O)O.CCC(=O)[O-].[Br-].[K+].[K+]. The molecule has 0 spiro atoms. The van der Waals surface area contributed by atoms with E-state index >= 15 is 0 Å². The summed E-state index contributed by atoms with van der Waals surface area (Å²) >= 11 is 5.01. The topological polar surface area (TPSA) is 77.4 Å². The molecule has 0 rings (SSSR count). The van der Waals surface area contributed by atoms with Gasteiger partial charge in [-0.1, -0.05) is 6.92 Å². The zero-order chi connectivity index (χ0) is 9.44. The summed E-state index contributed by atoms with van der Waals surface area (Å²) in [6.45, 7) is 2.94. The molecule has 74 valence electrons. The maximum absolute atomic E-state index is 9.57.